The predicted octanol–water partition coefficient (Wildman–Crippen LogP) is 12.1. The number of carbonyl (C=O) groups is 3. The molecular formula is C45H62O8. The lowest BCUT2D eigenvalue weighted by atomic mass is 10.1. The Kier molecular flexibility index (Phi) is 20.8. The molecule has 53 heavy (non-hydrogen) atoms. The number of unbranched alkanes of at least 4 members (excludes halogenated alkanes) is 13. The third-order valence-corrected chi connectivity index (χ3v) is 9.07. The van der Waals surface area contributed by atoms with Crippen molar-refractivity contribution in [1.29, 1.82) is 0 Å². The molecule has 0 radical (unpaired) electrons. The molecule has 0 aliphatic carbocycles. The van der Waals surface area contributed by atoms with Gasteiger partial charge in [0.25, 0.3) is 0 Å². The Bertz CT molecular complexity index is 1480. The van der Waals surface area contributed by atoms with Crippen LogP contribution in [0.5, 0.6) is 23.0 Å². The standard InChI is InChI=1S/C45H62O8/c1-5-8-11-14-16-19-32-49-38-26-22-36(23-27-38)43(46)52-40-30-31-42(41(34-40)45(48)51-35(4)21-18-13-10-7-3)53-44(47)37-24-28-39(29-25-37)50-33-20-17-15-12-9-6-2/h22-31,34-35H,5-21,32-33H2,1-4H3/t35-/m0/s1. The van der Waals surface area contributed by atoms with Crippen LogP contribution in [0.15, 0.2) is 66.7 Å². The minimum absolute atomic E-state index is 0.00764. The molecule has 0 saturated heterocycles. The first-order valence-electron chi connectivity index (χ1n) is 20.1. The summed E-state index contributed by atoms with van der Waals surface area (Å²) in [7, 11) is 0. The van der Waals surface area contributed by atoms with Crippen LogP contribution in [0.25, 0.3) is 0 Å². The maximum Gasteiger partial charge on any atom is 0.343 e. The van der Waals surface area contributed by atoms with Crippen LogP contribution in [-0.2, 0) is 4.74 Å². The van der Waals surface area contributed by atoms with Crippen molar-refractivity contribution >= 4 is 17.9 Å². The summed E-state index contributed by atoms with van der Waals surface area (Å²) in [6.07, 6.45) is 18.7. The van der Waals surface area contributed by atoms with Crippen molar-refractivity contribution in [3.8, 4) is 23.0 Å². The van der Waals surface area contributed by atoms with Crippen molar-refractivity contribution in [2.75, 3.05) is 13.2 Å². The summed E-state index contributed by atoms with van der Waals surface area (Å²) in [5.74, 6) is -0.420. The van der Waals surface area contributed by atoms with Gasteiger partial charge in [-0.25, -0.2) is 14.4 Å². The van der Waals surface area contributed by atoms with Gasteiger partial charge >= 0.3 is 17.9 Å². The van der Waals surface area contributed by atoms with Crippen LogP contribution in [0, 0.1) is 0 Å². The van der Waals surface area contributed by atoms with Gasteiger partial charge in [-0.05, 0) is 99.3 Å². The summed E-state index contributed by atoms with van der Waals surface area (Å²) < 4.78 is 28.8. The van der Waals surface area contributed by atoms with Gasteiger partial charge in [0.05, 0.1) is 30.4 Å². The highest BCUT2D eigenvalue weighted by atomic mass is 16.6. The van der Waals surface area contributed by atoms with Gasteiger partial charge in [0, 0.05) is 0 Å². The zero-order chi connectivity index (χ0) is 38.1. The molecule has 0 aromatic heterocycles. The maximum atomic E-state index is 13.5. The van der Waals surface area contributed by atoms with Crippen molar-refractivity contribution < 1.29 is 38.1 Å². The Morgan fingerprint density at radius 3 is 1.43 bits per heavy atom. The number of benzene rings is 3. The number of ether oxygens (including phenoxy) is 5. The Hall–Kier alpha value is -4.33. The van der Waals surface area contributed by atoms with Crippen molar-refractivity contribution in [3.63, 3.8) is 0 Å². The van der Waals surface area contributed by atoms with Crippen molar-refractivity contribution in [2.24, 2.45) is 0 Å². The molecule has 0 amide bonds. The summed E-state index contributed by atoms with van der Waals surface area (Å²) in [6, 6.07) is 17.8. The zero-order valence-electron chi connectivity index (χ0n) is 32.6. The van der Waals surface area contributed by atoms with E-state index in [0.29, 0.717) is 42.3 Å². The minimum Gasteiger partial charge on any atom is -0.494 e. The van der Waals surface area contributed by atoms with Gasteiger partial charge in [-0.3, -0.25) is 0 Å². The van der Waals surface area contributed by atoms with E-state index in [0.717, 1.165) is 51.4 Å². The lowest BCUT2D eigenvalue weighted by Gasteiger charge is -2.16. The average Bonchev–Trinajstić information content (AvgIpc) is 3.16. The number of rotatable bonds is 27. The molecule has 0 saturated carbocycles. The van der Waals surface area contributed by atoms with Crippen LogP contribution in [0.1, 0.15) is 168 Å². The topological polar surface area (TPSA) is 97.4 Å². The van der Waals surface area contributed by atoms with Gasteiger partial charge in [0.2, 0.25) is 0 Å². The molecule has 3 rings (SSSR count). The molecule has 0 aliphatic heterocycles. The summed E-state index contributed by atoms with van der Waals surface area (Å²) in [6.45, 7) is 9.65. The quantitative estimate of drug-likeness (QED) is 0.0434. The first-order chi connectivity index (χ1) is 25.8. The van der Waals surface area contributed by atoms with Crippen LogP contribution in [0.2, 0.25) is 0 Å². The molecule has 0 fully saturated rings. The molecule has 8 heteroatoms. The highest BCUT2D eigenvalue weighted by molar-refractivity contribution is 5.97. The smallest absolute Gasteiger partial charge is 0.343 e. The van der Waals surface area contributed by atoms with E-state index in [2.05, 4.69) is 20.8 Å². The minimum atomic E-state index is -0.668. The summed E-state index contributed by atoms with van der Waals surface area (Å²) >= 11 is 0. The maximum absolute atomic E-state index is 13.5. The number of hydrogen-bond acceptors (Lipinski definition) is 8. The fraction of sp³-hybridized carbons (Fsp3) is 0.533. The lowest BCUT2D eigenvalue weighted by Crippen LogP contribution is -2.18. The van der Waals surface area contributed by atoms with E-state index in [-0.39, 0.29) is 23.2 Å². The molecule has 3 aromatic rings. The molecule has 8 nitrogen and oxygen atoms in total. The molecule has 0 bridgehead atoms. The van der Waals surface area contributed by atoms with Gasteiger partial charge in [0.1, 0.15) is 28.6 Å². The Labute approximate surface area is 317 Å². The van der Waals surface area contributed by atoms with Gasteiger partial charge in [-0.2, -0.15) is 0 Å². The van der Waals surface area contributed by atoms with Crippen molar-refractivity contribution in [2.45, 2.75) is 143 Å². The van der Waals surface area contributed by atoms with Gasteiger partial charge in [-0.1, -0.05) is 104 Å². The van der Waals surface area contributed by atoms with Gasteiger partial charge in [0.15, 0.2) is 0 Å². The molecule has 0 aliphatic rings. The molecule has 290 valence electrons. The molecular weight excluding hydrogens is 668 g/mol. The van der Waals surface area contributed by atoms with Crippen LogP contribution < -0.4 is 18.9 Å². The van der Waals surface area contributed by atoms with Crippen LogP contribution >= 0.6 is 0 Å². The highest BCUT2D eigenvalue weighted by Crippen LogP contribution is 2.28. The lowest BCUT2D eigenvalue weighted by molar-refractivity contribution is 0.0314. The number of hydrogen-bond donors (Lipinski definition) is 0. The molecule has 0 spiro atoms. The summed E-state index contributed by atoms with van der Waals surface area (Å²) in [4.78, 5) is 39.8. The normalized spacial score (nSPS) is 11.5. The van der Waals surface area contributed by atoms with E-state index in [9.17, 15) is 14.4 Å². The Morgan fingerprint density at radius 1 is 0.491 bits per heavy atom. The van der Waals surface area contributed by atoms with Gasteiger partial charge < -0.3 is 23.7 Å². The molecule has 3 aromatic carbocycles. The second kappa shape index (κ2) is 25.6. The van der Waals surface area contributed by atoms with E-state index in [1.807, 2.05) is 6.92 Å². The fourth-order valence-electron chi connectivity index (χ4n) is 5.83. The van der Waals surface area contributed by atoms with Crippen LogP contribution in [0.3, 0.4) is 0 Å². The summed E-state index contributed by atoms with van der Waals surface area (Å²) in [5, 5.41) is 0. The van der Waals surface area contributed by atoms with E-state index in [1.165, 1.54) is 69.6 Å². The Balaban J connectivity index is 1.64. The second-order valence-corrected chi connectivity index (χ2v) is 13.8. The van der Waals surface area contributed by atoms with E-state index >= 15 is 0 Å². The predicted molar refractivity (Wildman–Crippen MR) is 211 cm³/mol. The number of esters is 3. The molecule has 1 atom stereocenters. The van der Waals surface area contributed by atoms with Gasteiger partial charge in [-0.15, -0.1) is 0 Å². The SMILES string of the molecule is CCCCCCCCOc1ccc(C(=O)Oc2ccc(OC(=O)c3ccc(OCCCCCCCC)cc3)c(C(=O)O[C@@H](C)CCCCCC)c2)cc1. The summed E-state index contributed by atoms with van der Waals surface area (Å²) in [5.41, 5.74) is 0.619. The Morgan fingerprint density at radius 2 is 0.925 bits per heavy atom. The van der Waals surface area contributed by atoms with Crippen LogP contribution in [-0.4, -0.2) is 37.2 Å². The number of carbonyl (C=O) groups excluding carboxylic acids is 3. The van der Waals surface area contributed by atoms with E-state index < -0.39 is 17.9 Å². The first-order valence-corrected chi connectivity index (χ1v) is 20.1. The third kappa shape index (κ3) is 16.9. The zero-order valence-corrected chi connectivity index (χ0v) is 32.6. The first kappa shape index (κ1) is 43.1. The highest BCUT2D eigenvalue weighted by Gasteiger charge is 2.22. The van der Waals surface area contributed by atoms with Crippen molar-refractivity contribution in [3.05, 3.63) is 83.4 Å². The molecule has 0 N–H and O–H groups in total. The molecule has 0 heterocycles. The van der Waals surface area contributed by atoms with E-state index in [1.54, 1.807) is 48.5 Å². The van der Waals surface area contributed by atoms with Crippen molar-refractivity contribution in [1.82, 2.24) is 0 Å². The third-order valence-electron chi connectivity index (χ3n) is 9.07. The second-order valence-electron chi connectivity index (χ2n) is 13.8. The monoisotopic (exact) mass is 730 g/mol. The van der Waals surface area contributed by atoms with Crippen LogP contribution in [0.4, 0.5) is 0 Å². The fourth-order valence-corrected chi connectivity index (χ4v) is 5.83. The average molecular weight is 731 g/mol. The van der Waals surface area contributed by atoms with E-state index in [4.69, 9.17) is 23.7 Å². The molecule has 0 unspecified atom stereocenters. The largest absolute Gasteiger partial charge is 0.494 e.